The quantitative estimate of drug-likeness (QED) is 0.543. The van der Waals surface area contributed by atoms with Gasteiger partial charge in [0.15, 0.2) is 0 Å². The van der Waals surface area contributed by atoms with Gasteiger partial charge in [0.25, 0.3) is 0 Å². The number of nitrogens with one attached hydrogen (secondary N) is 1. The first-order valence-electron chi connectivity index (χ1n) is 8.07. The van der Waals surface area contributed by atoms with E-state index in [-0.39, 0.29) is 0 Å². The number of hydrogen-bond donors (Lipinski definition) is 1. The Bertz CT molecular complexity index is 519. The van der Waals surface area contributed by atoms with Crippen LogP contribution in [0.3, 0.4) is 0 Å². The first kappa shape index (κ1) is 18.8. The van der Waals surface area contributed by atoms with Gasteiger partial charge in [-0.15, -0.1) is 13.2 Å². The number of amides is 1. The van der Waals surface area contributed by atoms with E-state index in [4.69, 9.17) is 4.74 Å². The monoisotopic (exact) mass is 316 g/mol. The second kappa shape index (κ2) is 9.72. The van der Waals surface area contributed by atoms with Crippen molar-refractivity contribution in [2.75, 3.05) is 24.5 Å². The van der Waals surface area contributed by atoms with Crippen molar-refractivity contribution in [3.05, 3.63) is 48.6 Å². The fourth-order valence-corrected chi connectivity index (χ4v) is 2.55. The van der Waals surface area contributed by atoms with Crippen LogP contribution in [0.2, 0.25) is 0 Å². The Kier molecular flexibility index (Phi) is 7.95. The zero-order valence-electron chi connectivity index (χ0n) is 14.5. The van der Waals surface area contributed by atoms with Crippen molar-refractivity contribution in [3.63, 3.8) is 0 Å². The Labute approximate surface area is 139 Å². The summed E-state index contributed by atoms with van der Waals surface area (Å²) in [6, 6.07) is 3.78. The summed E-state index contributed by atoms with van der Waals surface area (Å²) in [5.41, 5.74) is 3.25. The second-order valence-electron chi connectivity index (χ2n) is 5.56. The fraction of sp³-hybridized carbons (Fsp3) is 0.421. The fourth-order valence-electron chi connectivity index (χ4n) is 2.55. The SMILES string of the molecule is C=CCN(CC=C)c1c(C)cc(OC(=O)NCCCC)cc1C. The summed E-state index contributed by atoms with van der Waals surface area (Å²) in [5, 5.41) is 2.75. The second-order valence-corrected chi connectivity index (χ2v) is 5.56. The highest BCUT2D eigenvalue weighted by molar-refractivity contribution is 5.71. The highest BCUT2D eigenvalue weighted by Gasteiger charge is 2.13. The third-order valence-corrected chi connectivity index (χ3v) is 3.49. The van der Waals surface area contributed by atoms with Crippen LogP contribution >= 0.6 is 0 Å². The molecule has 0 spiro atoms. The van der Waals surface area contributed by atoms with Crippen LogP contribution < -0.4 is 15.0 Å². The van der Waals surface area contributed by atoms with Crippen LogP contribution in [0.4, 0.5) is 10.5 Å². The molecule has 126 valence electrons. The molecule has 1 N–H and O–H groups in total. The van der Waals surface area contributed by atoms with Crippen molar-refractivity contribution in [2.24, 2.45) is 0 Å². The summed E-state index contributed by atoms with van der Waals surface area (Å²) in [6.07, 6.45) is 5.32. The van der Waals surface area contributed by atoms with E-state index in [1.165, 1.54) is 0 Å². The first-order valence-corrected chi connectivity index (χ1v) is 8.07. The van der Waals surface area contributed by atoms with E-state index in [1.54, 1.807) is 0 Å². The van der Waals surface area contributed by atoms with Crippen molar-refractivity contribution in [2.45, 2.75) is 33.6 Å². The molecule has 0 radical (unpaired) electrons. The summed E-state index contributed by atoms with van der Waals surface area (Å²) in [4.78, 5) is 14.0. The maximum atomic E-state index is 11.8. The summed E-state index contributed by atoms with van der Waals surface area (Å²) < 4.78 is 5.37. The van der Waals surface area contributed by atoms with Gasteiger partial charge in [-0.25, -0.2) is 4.79 Å². The molecule has 4 nitrogen and oxygen atoms in total. The van der Waals surface area contributed by atoms with Gasteiger partial charge < -0.3 is 15.0 Å². The van der Waals surface area contributed by atoms with Crippen LogP contribution in [0.5, 0.6) is 5.75 Å². The minimum absolute atomic E-state index is 0.404. The number of nitrogens with zero attached hydrogens (tertiary/aromatic N) is 1. The molecule has 1 amide bonds. The predicted octanol–water partition coefficient (Wildman–Crippen LogP) is 4.37. The predicted molar refractivity (Wildman–Crippen MR) is 97.5 cm³/mol. The van der Waals surface area contributed by atoms with Crippen molar-refractivity contribution < 1.29 is 9.53 Å². The molecule has 0 saturated heterocycles. The van der Waals surface area contributed by atoms with E-state index in [9.17, 15) is 4.79 Å². The molecule has 0 aliphatic heterocycles. The van der Waals surface area contributed by atoms with Crippen molar-refractivity contribution in [3.8, 4) is 5.75 Å². The van der Waals surface area contributed by atoms with Gasteiger partial charge in [-0.3, -0.25) is 0 Å². The van der Waals surface area contributed by atoms with Gasteiger partial charge in [0.2, 0.25) is 0 Å². The molecule has 1 aromatic rings. The maximum Gasteiger partial charge on any atom is 0.412 e. The number of benzene rings is 1. The Hall–Kier alpha value is -2.23. The van der Waals surface area contributed by atoms with Crippen LogP contribution in [0.25, 0.3) is 0 Å². The minimum Gasteiger partial charge on any atom is -0.410 e. The lowest BCUT2D eigenvalue weighted by Crippen LogP contribution is -2.28. The van der Waals surface area contributed by atoms with Gasteiger partial charge in [0, 0.05) is 25.3 Å². The lowest BCUT2D eigenvalue weighted by atomic mass is 10.1. The number of ether oxygens (including phenoxy) is 1. The average Bonchev–Trinajstić information content (AvgIpc) is 2.47. The highest BCUT2D eigenvalue weighted by Crippen LogP contribution is 2.29. The Balaban J connectivity index is 2.89. The van der Waals surface area contributed by atoms with E-state index in [1.807, 2.05) is 38.1 Å². The number of carbonyl (C=O) groups is 1. The first-order chi connectivity index (χ1) is 11.0. The van der Waals surface area contributed by atoms with E-state index < -0.39 is 6.09 Å². The van der Waals surface area contributed by atoms with E-state index >= 15 is 0 Å². The molecule has 4 heteroatoms. The Morgan fingerprint density at radius 2 is 1.78 bits per heavy atom. The molecular weight excluding hydrogens is 288 g/mol. The molecule has 0 saturated carbocycles. The zero-order chi connectivity index (χ0) is 17.2. The summed E-state index contributed by atoms with van der Waals surface area (Å²) in [5.74, 6) is 0.565. The molecule has 0 aromatic heterocycles. The third-order valence-electron chi connectivity index (χ3n) is 3.49. The molecule has 23 heavy (non-hydrogen) atoms. The van der Waals surface area contributed by atoms with Gasteiger partial charge in [0.05, 0.1) is 0 Å². The number of unbranched alkanes of at least 4 members (excludes halogenated alkanes) is 1. The Morgan fingerprint density at radius 1 is 1.22 bits per heavy atom. The van der Waals surface area contributed by atoms with Crippen molar-refractivity contribution >= 4 is 11.8 Å². The van der Waals surface area contributed by atoms with Gasteiger partial charge in [-0.1, -0.05) is 25.5 Å². The standard InChI is InChI=1S/C19H28N2O2/c1-6-9-10-20-19(22)23-17-13-15(4)18(16(5)14-17)21(11-7-2)12-8-3/h7-8,13-14H,2-3,6,9-12H2,1,4-5H3,(H,20,22). The maximum absolute atomic E-state index is 11.8. The third kappa shape index (κ3) is 5.81. The zero-order valence-corrected chi connectivity index (χ0v) is 14.5. The Morgan fingerprint density at radius 3 is 2.26 bits per heavy atom. The number of rotatable bonds is 9. The van der Waals surface area contributed by atoms with E-state index in [0.717, 1.165) is 42.7 Å². The lowest BCUT2D eigenvalue weighted by molar-refractivity contribution is 0.200. The van der Waals surface area contributed by atoms with Crippen molar-refractivity contribution in [1.82, 2.24) is 5.32 Å². The smallest absolute Gasteiger partial charge is 0.410 e. The molecule has 0 aliphatic rings. The molecule has 0 unspecified atom stereocenters. The molecule has 0 heterocycles. The van der Waals surface area contributed by atoms with Gasteiger partial charge >= 0.3 is 6.09 Å². The summed E-state index contributed by atoms with van der Waals surface area (Å²) in [6.45, 7) is 15.8. The van der Waals surface area contributed by atoms with Gasteiger partial charge in [-0.05, 0) is 43.5 Å². The van der Waals surface area contributed by atoms with Crippen LogP contribution in [0.15, 0.2) is 37.4 Å². The molecular formula is C19H28N2O2. The van der Waals surface area contributed by atoms with Gasteiger partial charge in [-0.2, -0.15) is 0 Å². The lowest BCUT2D eigenvalue weighted by Gasteiger charge is -2.26. The molecule has 0 atom stereocenters. The molecule has 0 bridgehead atoms. The molecule has 1 rings (SSSR count). The number of aryl methyl sites for hydroxylation is 2. The average molecular weight is 316 g/mol. The van der Waals surface area contributed by atoms with Crippen LogP contribution in [-0.4, -0.2) is 25.7 Å². The van der Waals surface area contributed by atoms with Crippen LogP contribution in [-0.2, 0) is 0 Å². The summed E-state index contributed by atoms with van der Waals surface area (Å²) >= 11 is 0. The number of anilines is 1. The van der Waals surface area contributed by atoms with Crippen LogP contribution in [0, 0.1) is 13.8 Å². The van der Waals surface area contributed by atoms with E-state index in [0.29, 0.717) is 12.3 Å². The largest absolute Gasteiger partial charge is 0.412 e. The molecule has 0 aliphatic carbocycles. The highest BCUT2D eigenvalue weighted by atomic mass is 16.6. The topological polar surface area (TPSA) is 41.6 Å². The molecule has 0 fully saturated rings. The number of carbonyl (C=O) groups excluding carboxylic acids is 1. The minimum atomic E-state index is -0.404. The molecule has 1 aromatic carbocycles. The van der Waals surface area contributed by atoms with Crippen molar-refractivity contribution in [1.29, 1.82) is 0 Å². The number of hydrogen-bond acceptors (Lipinski definition) is 3. The summed E-state index contributed by atoms with van der Waals surface area (Å²) in [7, 11) is 0. The van der Waals surface area contributed by atoms with E-state index in [2.05, 4.69) is 30.3 Å². The van der Waals surface area contributed by atoms with Gasteiger partial charge in [0.1, 0.15) is 5.75 Å². The van der Waals surface area contributed by atoms with Crippen LogP contribution in [0.1, 0.15) is 30.9 Å². The normalized spacial score (nSPS) is 10.0.